The van der Waals surface area contributed by atoms with Gasteiger partial charge in [-0.3, -0.25) is 0 Å². The molecule has 1 aromatic carbocycles. The second-order valence-electron chi connectivity index (χ2n) is 5.02. The molecule has 92 valence electrons. The first-order chi connectivity index (χ1) is 8.15. The predicted octanol–water partition coefficient (Wildman–Crippen LogP) is 3.31. The van der Waals surface area contributed by atoms with Crippen molar-refractivity contribution in [3.8, 4) is 0 Å². The summed E-state index contributed by atoms with van der Waals surface area (Å²) in [5.41, 5.74) is 1.63. The average Bonchev–Trinajstić information content (AvgIpc) is 2.34. The second-order valence-corrected chi connectivity index (χ2v) is 5.02. The van der Waals surface area contributed by atoms with Crippen LogP contribution in [-0.2, 0) is 0 Å². The molecule has 4 atom stereocenters. The van der Waals surface area contributed by atoms with Crippen molar-refractivity contribution >= 4 is 0 Å². The Balaban J connectivity index is 2.36. The zero-order valence-corrected chi connectivity index (χ0v) is 10.1. The number of hydrogen-bond acceptors (Lipinski definition) is 1. The fourth-order valence-electron chi connectivity index (χ4n) is 2.89. The Kier molecular flexibility index (Phi) is 3.63. The Bertz CT molecular complexity index is 387. The first-order valence-corrected chi connectivity index (χ1v) is 6.12. The van der Waals surface area contributed by atoms with Crippen molar-refractivity contribution in [3.63, 3.8) is 0 Å². The Labute approximate surface area is 102 Å². The van der Waals surface area contributed by atoms with Crippen molar-refractivity contribution in [2.75, 3.05) is 6.61 Å². The Morgan fingerprint density at radius 3 is 2.59 bits per heavy atom. The topological polar surface area (TPSA) is 20.2 Å². The Morgan fingerprint density at radius 2 is 2.00 bits per heavy atom. The maximum Gasteiger partial charge on any atom is 0.128 e. The van der Waals surface area contributed by atoms with Gasteiger partial charge in [0.1, 0.15) is 6.17 Å². The number of allylic oxidation sites excluding steroid dienone is 1. The van der Waals surface area contributed by atoms with Crippen LogP contribution in [0.2, 0.25) is 0 Å². The molecule has 2 rings (SSSR count). The van der Waals surface area contributed by atoms with Gasteiger partial charge < -0.3 is 5.11 Å². The molecular weight excluding hydrogens is 215 g/mol. The van der Waals surface area contributed by atoms with Gasteiger partial charge in [0.2, 0.25) is 0 Å². The summed E-state index contributed by atoms with van der Waals surface area (Å²) in [6.45, 7) is 5.93. The summed E-state index contributed by atoms with van der Waals surface area (Å²) in [5.74, 6) is 0.0139. The number of aliphatic hydroxyl groups excluding tert-OH is 1. The van der Waals surface area contributed by atoms with Gasteiger partial charge in [0.05, 0.1) is 0 Å². The molecule has 0 amide bonds. The van der Waals surface area contributed by atoms with E-state index < -0.39 is 6.17 Å². The van der Waals surface area contributed by atoms with E-state index in [0.717, 1.165) is 5.56 Å². The fraction of sp³-hybridized carbons (Fsp3) is 0.467. The van der Waals surface area contributed by atoms with E-state index in [1.54, 1.807) is 0 Å². The molecule has 1 saturated carbocycles. The molecule has 0 heterocycles. The van der Waals surface area contributed by atoms with E-state index in [0.29, 0.717) is 12.0 Å². The molecule has 0 aromatic heterocycles. The molecule has 0 spiro atoms. The summed E-state index contributed by atoms with van der Waals surface area (Å²) in [6, 6.07) is 9.62. The number of hydrogen-bond donors (Lipinski definition) is 1. The summed E-state index contributed by atoms with van der Waals surface area (Å²) < 4.78 is 14.3. The molecular formula is C15H19FO. The molecule has 0 radical (unpaired) electrons. The number of alkyl halides is 1. The lowest BCUT2D eigenvalue weighted by molar-refractivity contribution is 0.0986. The zero-order chi connectivity index (χ0) is 12.4. The lowest BCUT2D eigenvalue weighted by Crippen LogP contribution is -2.36. The smallest absolute Gasteiger partial charge is 0.128 e. The van der Waals surface area contributed by atoms with Gasteiger partial charge in [-0.2, -0.15) is 0 Å². The summed E-state index contributed by atoms with van der Waals surface area (Å²) in [4.78, 5) is 0. The summed E-state index contributed by atoms with van der Waals surface area (Å²) in [7, 11) is 0. The highest BCUT2D eigenvalue weighted by Crippen LogP contribution is 2.44. The zero-order valence-electron chi connectivity index (χ0n) is 10.1. The third-order valence-corrected chi connectivity index (χ3v) is 3.88. The standard InChI is InChI=1S/C15H19FO/c1-10-8-11(2)15(16)14(13(10)9-17)12-6-4-3-5-7-12/h3-7,10,13-15,17H,2,8-9H2,1H3/t10-,13+,14+,15+/m1/s1. The van der Waals surface area contributed by atoms with Gasteiger partial charge in [0, 0.05) is 12.5 Å². The molecule has 1 aliphatic carbocycles. The van der Waals surface area contributed by atoms with Crippen molar-refractivity contribution in [1.29, 1.82) is 0 Å². The highest BCUT2D eigenvalue weighted by Gasteiger charge is 2.40. The van der Waals surface area contributed by atoms with Crippen LogP contribution >= 0.6 is 0 Å². The van der Waals surface area contributed by atoms with E-state index in [9.17, 15) is 9.50 Å². The SMILES string of the molecule is C=C1C[C@@H](C)[C@H](CO)[C@H](c2ccccc2)[C@H]1F. The maximum atomic E-state index is 14.3. The van der Waals surface area contributed by atoms with Crippen LogP contribution < -0.4 is 0 Å². The van der Waals surface area contributed by atoms with Crippen LogP contribution in [-0.4, -0.2) is 17.9 Å². The Morgan fingerprint density at radius 1 is 1.35 bits per heavy atom. The number of benzene rings is 1. The monoisotopic (exact) mass is 234 g/mol. The molecule has 0 unspecified atom stereocenters. The number of halogens is 1. The quantitative estimate of drug-likeness (QED) is 0.778. The highest BCUT2D eigenvalue weighted by molar-refractivity contribution is 5.28. The summed E-state index contributed by atoms with van der Waals surface area (Å²) >= 11 is 0. The van der Waals surface area contributed by atoms with E-state index in [-0.39, 0.29) is 24.4 Å². The minimum Gasteiger partial charge on any atom is -0.396 e. The molecule has 1 nitrogen and oxygen atoms in total. The van der Waals surface area contributed by atoms with Gasteiger partial charge in [-0.15, -0.1) is 0 Å². The minimum atomic E-state index is -1.04. The van der Waals surface area contributed by atoms with Crippen LogP contribution in [0.25, 0.3) is 0 Å². The second kappa shape index (κ2) is 5.01. The van der Waals surface area contributed by atoms with Crippen LogP contribution in [0.5, 0.6) is 0 Å². The summed E-state index contributed by atoms with van der Waals surface area (Å²) in [5, 5.41) is 9.50. The van der Waals surface area contributed by atoms with Crippen LogP contribution in [0.15, 0.2) is 42.5 Å². The predicted molar refractivity (Wildman–Crippen MR) is 67.6 cm³/mol. The lowest BCUT2D eigenvalue weighted by atomic mass is 9.68. The number of aliphatic hydroxyl groups is 1. The van der Waals surface area contributed by atoms with Gasteiger partial charge >= 0.3 is 0 Å². The van der Waals surface area contributed by atoms with Gasteiger partial charge in [-0.25, -0.2) is 4.39 Å². The first kappa shape index (κ1) is 12.3. The van der Waals surface area contributed by atoms with Gasteiger partial charge in [0.25, 0.3) is 0 Å². The van der Waals surface area contributed by atoms with Gasteiger partial charge in [-0.1, -0.05) is 43.8 Å². The van der Waals surface area contributed by atoms with E-state index in [4.69, 9.17) is 0 Å². The van der Waals surface area contributed by atoms with Crippen molar-refractivity contribution in [2.24, 2.45) is 11.8 Å². The molecule has 2 heteroatoms. The molecule has 1 N–H and O–H groups in total. The minimum absolute atomic E-state index is 0.0158. The normalized spacial score (nSPS) is 33.7. The van der Waals surface area contributed by atoms with Crippen LogP contribution in [0.4, 0.5) is 4.39 Å². The maximum absolute atomic E-state index is 14.3. The third-order valence-electron chi connectivity index (χ3n) is 3.88. The third kappa shape index (κ3) is 2.27. The van der Waals surface area contributed by atoms with E-state index in [1.807, 2.05) is 30.3 Å². The highest BCUT2D eigenvalue weighted by atomic mass is 19.1. The van der Waals surface area contributed by atoms with Crippen LogP contribution in [0.1, 0.15) is 24.8 Å². The fourth-order valence-corrected chi connectivity index (χ4v) is 2.89. The average molecular weight is 234 g/mol. The Hall–Kier alpha value is -1.15. The van der Waals surface area contributed by atoms with E-state index >= 15 is 0 Å². The van der Waals surface area contributed by atoms with Gasteiger partial charge in [-0.05, 0) is 29.4 Å². The molecule has 17 heavy (non-hydrogen) atoms. The van der Waals surface area contributed by atoms with E-state index in [2.05, 4.69) is 13.5 Å². The molecule has 0 saturated heterocycles. The molecule has 1 aliphatic rings. The molecule has 0 aliphatic heterocycles. The van der Waals surface area contributed by atoms with Crippen molar-refractivity contribution in [1.82, 2.24) is 0 Å². The molecule has 0 bridgehead atoms. The van der Waals surface area contributed by atoms with Crippen LogP contribution in [0.3, 0.4) is 0 Å². The number of rotatable bonds is 2. The summed E-state index contributed by atoms with van der Waals surface area (Å²) in [6.07, 6.45) is -0.360. The first-order valence-electron chi connectivity index (χ1n) is 6.12. The van der Waals surface area contributed by atoms with Crippen molar-refractivity contribution in [3.05, 3.63) is 48.0 Å². The lowest BCUT2D eigenvalue weighted by Gasteiger charge is -2.39. The molecule has 1 aromatic rings. The largest absolute Gasteiger partial charge is 0.396 e. The van der Waals surface area contributed by atoms with Gasteiger partial charge in [0.15, 0.2) is 0 Å². The molecule has 1 fully saturated rings. The van der Waals surface area contributed by atoms with E-state index in [1.165, 1.54) is 0 Å². The van der Waals surface area contributed by atoms with Crippen LogP contribution in [0, 0.1) is 11.8 Å². The van der Waals surface area contributed by atoms with Crippen molar-refractivity contribution in [2.45, 2.75) is 25.4 Å². The van der Waals surface area contributed by atoms with Crippen molar-refractivity contribution < 1.29 is 9.50 Å².